The number of halogens is 1. The molecule has 126 valence electrons. The third kappa shape index (κ3) is 4.83. The van der Waals surface area contributed by atoms with Gasteiger partial charge in [-0.15, -0.1) is 0 Å². The molecule has 0 aliphatic carbocycles. The molecule has 7 nitrogen and oxygen atoms in total. The van der Waals surface area contributed by atoms with Crippen LogP contribution in [0.4, 0.5) is 4.39 Å². The number of aliphatic hydroxyl groups excluding tert-OH is 1. The van der Waals surface area contributed by atoms with Gasteiger partial charge in [-0.3, -0.25) is 0 Å². The number of alkyl halides is 1. The monoisotopic (exact) mass is 344 g/mol. The van der Waals surface area contributed by atoms with E-state index < -0.39 is 28.8 Å². The summed E-state index contributed by atoms with van der Waals surface area (Å²) in [5.41, 5.74) is 5.26. The minimum atomic E-state index is -3.30. The lowest BCUT2D eigenvalue weighted by Gasteiger charge is -2.13. The van der Waals surface area contributed by atoms with Crippen LogP contribution in [0.1, 0.15) is 17.4 Å². The fourth-order valence-electron chi connectivity index (χ4n) is 1.94. The van der Waals surface area contributed by atoms with Crippen LogP contribution in [0, 0.1) is 0 Å². The van der Waals surface area contributed by atoms with E-state index in [0.717, 1.165) is 6.26 Å². The van der Waals surface area contributed by atoms with Crippen molar-refractivity contribution in [1.82, 2.24) is 9.88 Å². The molecule has 1 aromatic heterocycles. The third-order valence-electron chi connectivity index (χ3n) is 3.26. The van der Waals surface area contributed by atoms with Crippen LogP contribution >= 0.6 is 0 Å². The first kappa shape index (κ1) is 17.5. The number of rotatable bonds is 7. The minimum Gasteiger partial charge on any atom is -0.382 e. The third-order valence-corrected chi connectivity index (χ3v) is 3.92. The van der Waals surface area contributed by atoms with Gasteiger partial charge in [0, 0.05) is 11.6 Å². The van der Waals surface area contributed by atoms with Gasteiger partial charge >= 0.3 is 0 Å². The van der Waals surface area contributed by atoms with Crippen LogP contribution in [-0.2, 0) is 16.6 Å². The standard InChI is InChI=1S/C14H18FN3O4S/c1-23(20,21)17-8-11-6-13(22-18-11)9-2-4-10(5-3-9)14(19)12(16)7-15/h2-6,12,14,17,19H,7-8,16H2,1H3/p+1/t12-,14-/m1/s1. The van der Waals surface area contributed by atoms with Crippen LogP contribution in [0.15, 0.2) is 34.9 Å². The highest BCUT2D eigenvalue weighted by Crippen LogP contribution is 2.23. The van der Waals surface area contributed by atoms with Gasteiger partial charge in [0.15, 0.2) is 5.76 Å². The lowest BCUT2D eigenvalue weighted by atomic mass is 10.0. The Hall–Kier alpha value is -1.81. The maximum absolute atomic E-state index is 12.5. The van der Waals surface area contributed by atoms with E-state index in [1.54, 1.807) is 30.3 Å². The number of nitrogens with zero attached hydrogens (tertiary/aromatic N) is 1. The molecule has 0 saturated heterocycles. The maximum atomic E-state index is 12.5. The number of hydrogen-bond donors (Lipinski definition) is 3. The molecule has 0 amide bonds. The topological polar surface area (TPSA) is 120 Å². The lowest BCUT2D eigenvalue weighted by Crippen LogP contribution is -2.64. The van der Waals surface area contributed by atoms with Crippen molar-refractivity contribution in [3.05, 3.63) is 41.6 Å². The van der Waals surface area contributed by atoms with Gasteiger partial charge in [-0.05, 0) is 5.56 Å². The van der Waals surface area contributed by atoms with Crippen molar-refractivity contribution in [2.45, 2.75) is 18.7 Å². The predicted octanol–water partition coefficient (Wildman–Crippen LogP) is 0.00420. The molecule has 23 heavy (non-hydrogen) atoms. The average molecular weight is 344 g/mol. The Bertz CT molecular complexity index is 746. The second kappa shape index (κ2) is 7.18. The second-order valence-corrected chi connectivity index (χ2v) is 7.09. The van der Waals surface area contributed by atoms with Crippen molar-refractivity contribution < 1.29 is 28.2 Å². The van der Waals surface area contributed by atoms with E-state index in [1.807, 2.05) is 0 Å². The molecule has 0 unspecified atom stereocenters. The van der Waals surface area contributed by atoms with E-state index >= 15 is 0 Å². The summed E-state index contributed by atoms with van der Waals surface area (Å²) in [6.07, 6.45) is 0.0870. The molecule has 0 radical (unpaired) electrons. The minimum absolute atomic E-state index is 0.0405. The normalized spacial score (nSPS) is 14.6. The fourth-order valence-corrected chi connectivity index (χ4v) is 2.35. The molecule has 0 fully saturated rings. The van der Waals surface area contributed by atoms with Gasteiger partial charge in [0.25, 0.3) is 0 Å². The Kier molecular flexibility index (Phi) is 5.47. The smallest absolute Gasteiger partial charge is 0.209 e. The molecule has 2 aromatic rings. The summed E-state index contributed by atoms with van der Waals surface area (Å²) in [5.74, 6) is 0.466. The van der Waals surface area contributed by atoms with Crippen LogP contribution in [0.25, 0.3) is 11.3 Å². The first-order valence-electron chi connectivity index (χ1n) is 6.88. The van der Waals surface area contributed by atoms with E-state index in [1.165, 1.54) is 0 Å². The summed E-state index contributed by atoms with van der Waals surface area (Å²) in [5, 5.41) is 13.7. The molecule has 0 saturated carbocycles. The summed E-state index contributed by atoms with van der Waals surface area (Å²) in [6, 6.07) is 7.63. The number of aliphatic hydroxyl groups is 1. The van der Waals surface area contributed by atoms with Crippen LogP contribution in [0.2, 0.25) is 0 Å². The Morgan fingerprint density at radius 3 is 2.61 bits per heavy atom. The van der Waals surface area contributed by atoms with E-state index in [9.17, 15) is 17.9 Å². The number of sulfonamides is 1. The zero-order valence-corrected chi connectivity index (χ0v) is 13.4. The van der Waals surface area contributed by atoms with Crippen molar-refractivity contribution in [1.29, 1.82) is 0 Å². The maximum Gasteiger partial charge on any atom is 0.209 e. The number of quaternary nitrogens is 1. The van der Waals surface area contributed by atoms with Gasteiger partial charge in [0.2, 0.25) is 10.0 Å². The quantitative estimate of drug-likeness (QED) is 0.653. The van der Waals surface area contributed by atoms with Gasteiger partial charge in [-0.25, -0.2) is 17.5 Å². The summed E-state index contributed by atoms with van der Waals surface area (Å²) >= 11 is 0. The molecule has 0 aliphatic heterocycles. The molecule has 2 rings (SSSR count). The molecule has 0 spiro atoms. The largest absolute Gasteiger partial charge is 0.382 e. The lowest BCUT2D eigenvalue weighted by molar-refractivity contribution is -0.441. The highest BCUT2D eigenvalue weighted by molar-refractivity contribution is 7.88. The summed E-state index contributed by atoms with van der Waals surface area (Å²) in [6.45, 7) is -0.666. The van der Waals surface area contributed by atoms with E-state index in [0.29, 0.717) is 22.6 Å². The summed E-state index contributed by atoms with van der Waals surface area (Å²) in [4.78, 5) is 0. The Labute approximate surface area is 133 Å². The Morgan fingerprint density at radius 1 is 1.39 bits per heavy atom. The van der Waals surface area contributed by atoms with Crippen LogP contribution < -0.4 is 10.5 Å². The highest BCUT2D eigenvalue weighted by Gasteiger charge is 2.20. The zero-order chi connectivity index (χ0) is 17.0. The van der Waals surface area contributed by atoms with E-state index in [-0.39, 0.29) is 6.54 Å². The van der Waals surface area contributed by atoms with E-state index in [4.69, 9.17) is 4.52 Å². The van der Waals surface area contributed by atoms with Crippen molar-refractivity contribution in [2.24, 2.45) is 0 Å². The van der Waals surface area contributed by atoms with Crippen LogP contribution in [0.5, 0.6) is 0 Å². The zero-order valence-electron chi connectivity index (χ0n) is 12.6. The number of aromatic nitrogens is 1. The van der Waals surface area contributed by atoms with Crippen molar-refractivity contribution in [3.8, 4) is 11.3 Å². The van der Waals surface area contributed by atoms with Crippen LogP contribution in [0.3, 0.4) is 0 Å². The van der Waals surface area contributed by atoms with Gasteiger partial charge in [0.05, 0.1) is 18.5 Å². The first-order chi connectivity index (χ1) is 10.8. The van der Waals surface area contributed by atoms with Crippen molar-refractivity contribution in [2.75, 3.05) is 12.9 Å². The molecule has 1 aromatic carbocycles. The van der Waals surface area contributed by atoms with Gasteiger partial charge < -0.3 is 15.4 Å². The van der Waals surface area contributed by atoms with Crippen molar-refractivity contribution in [3.63, 3.8) is 0 Å². The highest BCUT2D eigenvalue weighted by atomic mass is 32.2. The Balaban J connectivity index is 2.09. The number of nitrogens with one attached hydrogen (secondary N) is 1. The van der Waals surface area contributed by atoms with Crippen LogP contribution in [-0.4, -0.2) is 37.7 Å². The van der Waals surface area contributed by atoms with Gasteiger partial charge in [-0.2, -0.15) is 0 Å². The van der Waals surface area contributed by atoms with Gasteiger partial charge in [0.1, 0.15) is 18.8 Å². The molecular formula is C14H19FN3O4S+. The van der Waals surface area contributed by atoms with E-state index in [2.05, 4.69) is 15.6 Å². The predicted molar refractivity (Wildman–Crippen MR) is 81.2 cm³/mol. The van der Waals surface area contributed by atoms with Crippen molar-refractivity contribution >= 4 is 10.0 Å². The molecule has 2 atom stereocenters. The number of benzene rings is 1. The summed E-state index contributed by atoms with van der Waals surface area (Å²) in [7, 11) is -3.30. The molecule has 0 aliphatic rings. The number of hydrogen-bond acceptors (Lipinski definition) is 5. The summed E-state index contributed by atoms with van der Waals surface area (Å²) < 4.78 is 42.1. The second-order valence-electron chi connectivity index (χ2n) is 5.26. The molecule has 9 heteroatoms. The first-order valence-corrected chi connectivity index (χ1v) is 8.77. The molecular weight excluding hydrogens is 325 g/mol. The molecule has 1 heterocycles. The average Bonchev–Trinajstić information content (AvgIpc) is 3.00. The molecule has 0 bridgehead atoms. The molecule has 5 N–H and O–H groups in total. The SMILES string of the molecule is CS(=O)(=O)NCc1cc(-c2ccc([C@@H](O)[C@H]([NH3+])CF)cc2)on1. The van der Waals surface area contributed by atoms with Gasteiger partial charge in [-0.1, -0.05) is 29.4 Å². The fraction of sp³-hybridized carbons (Fsp3) is 0.357. The Morgan fingerprint density at radius 2 is 2.04 bits per heavy atom.